The molecule has 0 aliphatic carbocycles. The molecule has 0 radical (unpaired) electrons. The summed E-state index contributed by atoms with van der Waals surface area (Å²) in [5, 5.41) is 12.2. The standard InChI is InChI=1S/C35H36N2O3/c1-8-36-28-18-30-26(16-22(28)14-15-34(36,4)5)32(23-12-10-11-13-24(23)33(38)39)27-17-25-21(3)20-35(6,7)37(9-2)29(25)19-31(27)40-30/h10-20H,8-9H2,1-7H3/p+1. The molecule has 3 aliphatic rings. The van der Waals surface area contributed by atoms with Gasteiger partial charge in [-0.15, -0.1) is 0 Å². The first kappa shape index (κ1) is 26.1. The number of hydrogen-bond donors (Lipinski definition) is 1. The number of ether oxygens (including phenoxy) is 1. The number of hydrogen-bond acceptors (Lipinski definition) is 3. The lowest BCUT2D eigenvalue weighted by molar-refractivity contribution is 0.0696. The Labute approximate surface area is 236 Å². The summed E-state index contributed by atoms with van der Waals surface area (Å²) in [6.07, 6.45) is 6.73. The van der Waals surface area contributed by atoms with Gasteiger partial charge in [0.25, 0.3) is 0 Å². The van der Waals surface area contributed by atoms with Gasteiger partial charge >= 0.3 is 5.97 Å². The smallest absolute Gasteiger partial charge is 0.336 e. The molecule has 0 saturated heterocycles. The summed E-state index contributed by atoms with van der Waals surface area (Å²) >= 11 is 0. The van der Waals surface area contributed by atoms with Crippen molar-refractivity contribution in [3.63, 3.8) is 0 Å². The average molecular weight is 534 g/mol. The third-order valence-corrected chi connectivity index (χ3v) is 8.68. The van der Waals surface area contributed by atoms with Crippen molar-refractivity contribution < 1.29 is 14.6 Å². The Hall–Kier alpha value is -4.12. The number of carbonyl (C=O) groups is 1. The largest absolute Gasteiger partial charge is 0.478 e. The predicted octanol–water partition coefficient (Wildman–Crippen LogP) is 6.08. The molecule has 0 fully saturated rings. The molecule has 3 heterocycles. The number of carboxylic acids is 1. The van der Waals surface area contributed by atoms with Gasteiger partial charge in [-0.05, 0) is 76.1 Å². The Morgan fingerprint density at radius 3 is 2.42 bits per heavy atom. The second-order valence-corrected chi connectivity index (χ2v) is 12.1. The Morgan fingerprint density at radius 1 is 0.975 bits per heavy atom. The summed E-state index contributed by atoms with van der Waals surface area (Å²) in [5.41, 5.74) is 7.11. The summed E-state index contributed by atoms with van der Waals surface area (Å²) in [4.78, 5) is 14.8. The van der Waals surface area contributed by atoms with Gasteiger partial charge in [0.05, 0.1) is 17.2 Å². The summed E-state index contributed by atoms with van der Waals surface area (Å²) < 4.78 is 9.14. The lowest BCUT2D eigenvalue weighted by Crippen LogP contribution is -2.48. The number of fused-ring (bicyclic) bond motifs is 4. The number of benzene rings is 3. The van der Waals surface area contributed by atoms with Crippen molar-refractivity contribution in [1.29, 1.82) is 0 Å². The zero-order valence-corrected chi connectivity index (χ0v) is 24.4. The quantitative estimate of drug-likeness (QED) is 0.323. The average Bonchev–Trinajstić information content (AvgIpc) is 2.89. The van der Waals surface area contributed by atoms with Gasteiger partial charge in [0.15, 0.2) is 5.54 Å². The molecule has 5 nitrogen and oxygen atoms in total. The second-order valence-electron chi connectivity index (χ2n) is 12.1. The topological polar surface area (TPSA) is 52.8 Å². The van der Waals surface area contributed by atoms with E-state index in [9.17, 15) is 9.90 Å². The fourth-order valence-corrected chi connectivity index (χ4v) is 6.91. The van der Waals surface area contributed by atoms with Crippen LogP contribution in [0.3, 0.4) is 0 Å². The van der Waals surface area contributed by atoms with Crippen molar-refractivity contribution in [2.75, 3.05) is 18.0 Å². The molecule has 5 heteroatoms. The van der Waals surface area contributed by atoms with Gasteiger partial charge in [-0.1, -0.05) is 24.3 Å². The normalized spacial score (nSPS) is 17.8. The van der Waals surface area contributed by atoms with Crippen LogP contribution in [0.25, 0.3) is 17.2 Å². The van der Waals surface area contributed by atoms with E-state index in [4.69, 9.17) is 4.74 Å². The molecule has 3 aromatic rings. The Kier molecular flexibility index (Phi) is 5.85. The van der Waals surface area contributed by atoms with Gasteiger partial charge in [-0.3, -0.25) is 0 Å². The van der Waals surface area contributed by atoms with E-state index in [1.54, 1.807) is 12.1 Å². The van der Waals surface area contributed by atoms with Crippen LogP contribution in [-0.2, 0) is 0 Å². The number of allylic oxidation sites excluding steroid dienone is 1. The van der Waals surface area contributed by atoms with Gasteiger partial charge < -0.3 is 14.7 Å². The molecular formula is C35H37N2O3+. The highest BCUT2D eigenvalue weighted by Gasteiger charge is 2.35. The minimum Gasteiger partial charge on any atom is -0.478 e. The highest BCUT2D eigenvalue weighted by Crippen LogP contribution is 2.46. The molecule has 0 amide bonds. The number of aromatic carboxylic acids is 1. The van der Waals surface area contributed by atoms with Crippen LogP contribution in [0.15, 0.2) is 60.7 Å². The van der Waals surface area contributed by atoms with Crippen molar-refractivity contribution in [2.45, 2.75) is 59.5 Å². The lowest BCUT2D eigenvalue weighted by atomic mass is 9.84. The maximum atomic E-state index is 12.4. The number of rotatable bonds is 4. The summed E-state index contributed by atoms with van der Waals surface area (Å²) in [6.45, 7) is 17.1. The summed E-state index contributed by atoms with van der Waals surface area (Å²) in [7, 11) is 0. The van der Waals surface area contributed by atoms with Crippen molar-refractivity contribution in [3.8, 4) is 11.5 Å². The molecule has 0 bridgehead atoms. The van der Waals surface area contributed by atoms with Crippen LogP contribution < -0.4 is 24.8 Å². The third kappa shape index (κ3) is 3.82. The van der Waals surface area contributed by atoms with Crippen molar-refractivity contribution in [1.82, 2.24) is 4.58 Å². The fourth-order valence-electron chi connectivity index (χ4n) is 6.91. The van der Waals surface area contributed by atoms with E-state index < -0.39 is 5.97 Å². The number of likely N-dealkylation sites (N-methyl/N-ethyl adjacent to an activating group) is 2. The van der Waals surface area contributed by atoms with Crippen molar-refractivity contribution in [2.24, 2.45) is 0 Å². The van der Waals surface area contributed by atoms with Crippen LogP contribution in [0, 0.1) is 0 Å². The lowest BCUT2D eigenvalue weighted by Gasteiger charge is -2.43. The van der Waals surface area contributed by atoms with Gasteiger partial charge in [-0.2, -0.15) is 0 Å². The van der Waals surface area contributed by atoms with Gasteiger partial charge in [0.1, 0.15) is 18.0 Å². The van der Waals surface area contributed by atoms with E-state index >= 15 is 0 Å². The summed E-state index contributed by atoms with van der Waals surface area (Å²) in [5.74, 6) is 0.553. The SMILES string of the molecule is CCN1c2cc3c(cc2C(C)=CC1(C)C)C(c1ccccc1C(=O)O)=c1cc2c(cc1O3)=[N+](CC)C(C)(C)C=C2. The highest BCUT2D eigenvalue weighted by molar-refractivity contribution is 5.99. The zero-order valence-electron chi connectivity index (χ0n) is 24.4. The van der Waals surface area contributed by atoms with E-state index in [0.717, 1.165) is 63.1 Å². The molecule has 3 aromatic carbocycles. The molecule has 0 unspecified atom stereocenters. The molecular weight excluding hydrogens is 496 g/mol. The first-order chi connectivity index (χ1) is 19.0. The van der Waals surface area contributed by atoms with E-state index in [0.29, 0.717) is 5.56 Å². The van der Waals surface area contributed by atoms with Crippen LogP contribution in [0.5, 0.6) is 11.5 Å². The molecule has 1 N–H and O–H groups in total. The first-order valence-corrected chi connectivity index (χ1v) is 14.2. The van der Waals surface area contributed by atoms with Crippen molar-refractivity contribution in [3.05, 3.63) is 99.1 Å². The van der Waals surface area contributed by atoms with Crippen LogP contribution in [0.2, 0.25) is 0 Å². The summed E-state index contributed by atoms with van der Waals surface area (Å²) in [6, 6.07) is 15.9. The monoisotopic (exact) mass is 533 g/mol. The fraction of sp³-hybridized carbons (Fsp3) is 0.314. The number of carboxylic acid groups (broad SMARTS) is 1. The highest BCUT2D eigenvalue weighted by atomic mass is 16.5. The van der Waals surface area contributed by atoms with Crippen LogP contribution in [0.1, 0.15) is 81.1 Å². The second kappa shape index (κ2) is 8.95. The van der Waals surface area contributed by atoms with E-state index in [1.165, 1.54) is 5.57 Å². The van der Waals surface area contributed by atoms with Gasteiger partial charge in [0, 0.05) is 59.6 Å². The molecule has 0 spiro atoms. The molecule has 40 heavy (non-hydrogen) atoms. The Balaban J connectivity index is 1.75. The van der Waals surface area contributed by atoms with Crippen LogP contribution >= 0.6 is 0 Å². The maximum Gasteiger partial charge on any atom is 0.336 e. The first-order valence-electron chi connectivity index (χ1n) is 14.2. The third-order valence-electron chi connectivity index (χ3n) is 8.68. The molecule has 0 atom stereocenters. The molecule has 204 valence electrons. The Morgan fingerprint density at radius 2 is 1.73 bits per heavy atom. The molecule has 6 rings (SSSR count). The van der Waals surface area contributed by atoms with E-state index in [-0.39, 0.29) is 16.6 Å². The van der Waals surface area contributed by atoms with Crippen molar-refractivity contribution >= 4 is 28.9 Å². The van der Waals surface area contributed by atoms with E-state index in [1.807, 2.05) is 12.1 Å². The predicted molar refractivity (Wildman–Crippen MR) is 163 cm³/mol. The van der Waals surface area contributed by atoms with Gasteiger partial charge in [-0.25, -0.2) is 9.37 Å². The molecule has 3 aliphatic heterocycles. The van der Waals surface area contributed by atoms with E-state index in [2.05, 4.69) is 100 Å². The van der Waals surface area contributed by atoms with Crippen LogP contribution in [0.4, 0.5) is 5.69 Å². The Bertz CT molecular complexity index is 1790. The number of nitrogens with zero attached hydrogens (tertiary/aromatic N) is 2. The minimum absolute atomic E-state index is 0.124. The van der Waals surface area contributed by atoms with Gasteiger partial charge in [0.2, 0.25) is 5.36 Å². The molecule has 0 aromatic heterocycles. The number of anilines is 1. The molecule has 0 saturated carbocycles. The van der Waals surface area contributed by atoms with Crippen LogP contribution in [-0.4, -0.2) is 35.2 Å². The minimum atomic E-state index is -0.942. The maximum absolute atomic E-state index is 12.4. The zero-order chi connectivity index (χ0) is 28.6.